The van der Waals surface area contributed by atoms with Gasteiger partial charge in [0.15, 0.2) is 0 Å². The molecule has 1 fully saturated rings. The Bertz CT molecular complexity index is 1410. The van der Waals surface area contributed by atoms with Crippen LogP contribution in [0.3, 0.4) is 0 Å². The molecule has 0 aromatic heterocycles. The van der Waals surface area contributed by atoms with Gasteiger partial charge in [0.1, 0.15) is 0 Å². The smallest absolute Gasteiger partial charge is 0.0661 e. The maximum absolute atomic E-state index is 4.80. The zero-order valence-corrected chi connectivity index (χ0v) is 23.2. The third kappa shape index (κ3) is 3.72. The molecule has 5 unspecified atom stereocenters. The Morgan fingerprint density at radius 2 is 1.87 bits per heavy atom. The van der Waals surface area contributed by atoms with Crippen molar-refractivity contribution in [1.82, 2.24) is 0 Å². The van der Waals surface area contributed by atoms with E-state index < -0.39 is 5.41 Å². The van der Waals surface area contributed by atoms with Crippen LogP contribution in [0.4, 0.5) is 0 Å². The summed E-state index contributed by atoms with van der Waals surface area (Å²) in [6, 6.07) is 11.2. The predicted octanol–water partition coefficient (Wildman–Crippen LogP) is 9.86. The van der Waals surface area contributed by atoms with E-state index in [1.165, 1.54) is 40.7 Å². The number of benzene rings is 1. The maximum Gasteiger partial charge on any atom is 0.0661 e. The monoisotopic (exact) mass is 496 g/mol. The topological polar surface area (TPSA) is 0 Å². The van der Waals surface area contributed by atoms with E-state index in [4.69, 9.17) is 6.58 Å². The van der Waals surface area contributed by atoms with Gasteiger partial charge in [-0.15, -0.1) is 0 Å². The summed E-state index contributed by atoms with van der Waals surface area (Å²) in [6.45, 7) is 11.6. The second kappa shape index (κ2) is 10.1. The zero-order chi connectivity index (χ0) is 26.3. The highest BCUT2D eigenvalue weighted by Crippen LogP contribution is 2.61. The molecule has 38 heavy (non-hydrogen) atoms. The zero-order valence-electron chi connectivity index (χ0n) is 23.2. The Balaban J connectivity index is 1.66. The summed E-state index contributed by atoms with van der Waals surface area (Å²) in [5.41, 5.74) is 11.1. The Labute approximate surface area is 229 Å². The second-order valence-electron chi connectivity index (χ2n) is 11.5. The van der Waals surface area contributed by atoms with Crippen molar-refractivity contribution in [1.29, 1.82) is 0 Å². The lowest BCUT2D eigenvalue weighted by Gasteiger charge is -2.54. The van der Waals surface area contributed by atoms with E-state index in [2.05, 4.69) is 124 Å². The fraction of sp³-hybridized carbons (Fsp3) is 0.316. The van der Waals surface area contributed by atoms with Crippen LogP contribution in [0.1, 0.15) is 52.0 Å². The van der Waals surface area contributed by atoms with Crippen molar-refractivity contribution < 1.29 is 0 Å². The molecule has 0 N–H and O–H groups in total. The minimum absolute atomic E-state index is 0.362. The van der Waals surface area contributed by atoms with Gasteiger partial charge < -0.3 is 0 Å². The van der Waals surface area contributed by atoms with Crippen LogP contribution in [-0.2, 0) is 5.41 Å². The Morgan fingerprint density at radius 1 is 1.03 bits per heavy atom. The van der Waals surface area contributed by atoms with Crippen molar-refractivity contribution in [2.24, 2.45) is 23.7 Å². The molecule has 5 aliphatic rings. The quantitative estimate of drug-likeness (QED) is 0.356. The minimum Gasteiger partial charge on any atom is -0.0943 e. The number of fused-ring (bicyclic) bond motifs is 2. The molecule has 0 saturated heterocycles. The Morgan fingerprint density at radius 3 is 2.66 bits per heavy atom. The summed E-state index contributed by atoms with van der Waals surface area (Å²) >= 11 is 0. The SMILES string of the molecule is C=C1/C=C\C=C/C2C(=CC3=CC=C4C(C)=CC=C5CCC2C3C54)C1(C(/C=C\CC)=C/CC)c1ccccc1. The number of hydrogen-bond acceptors (Lipinski definition) is 0. The Hall–Kier alpha value is -3.38. The molecule has 0 amide bonds. The van der Waals surface area contributed by atoms with Crippen molar-refractivity contribution in [3.05, 3.63) is 154 Å². The van der Waals surface area contributed by atoms with Crippen molar-refractivity contribution >= 4 is 0 Å². The average molecular weight is 497 g/mol. The lowest BCUT2D eigenvalue weighted by molar-refractivity contribution is 0.208. The Kier molecular flexibility index (Phi) is 6.60. The van der Waals surface area contributed by atoms with Crippen molar-refractivity contribution in [2.45, 2.75) is 51.9 Å². The number of hydrogen-bond donors (Lipinski definition) is 0. The van der Waals surface area contributed by atoms with Gasteiger partial charge in [0.05, 0.1) is 5.41 Å². The summed E-state index contributed by atoms with van der Waals surface area (Å²) in [6.07, 6.45) is 33.1. The van der Waals surface area contributed by atoms with Crippen molar-refractivity contribution in [3.8, 4) is 0 Å². The third-order valence-corrected chi connectivity index (χ3v) is 9.55. The fourth-order valence-corrected chi connectivity index (χ4v) is 7.97. The largest absolute Gasteiger partial charge is 0.0943 e. The van der Waals surface area contributed by atoms with E-state index in [1.54, 1.807) is 11.1 Å². The second-order valence-corrected chi connectivity index (χ2v) is 11.5. The van der Waals surface area contributed by atoms with Gasteiger partial charge in [0, 0.05) is 11.8 Å². The van der Waals surface area contributed by atoms with Gasteiger partial charge in [0.25, 0.3) is 0 Å². The van der Waals surface area contributed by atoms with E-state index in [0.29, 0.717) is 23.7 Å². The van der Waals surface area contributed by atoms with Gasteiger partial charge >= 0.3 is 0 Å². The van der Waals surface area contributed by atoms with Gasteiger partial charge in [-0.3, -0.25) is 0 Å². The predicted molar refractivity (Wildman–Crippen MR) is 163 cm³/mol. The molecule has 0 heteroatoms. The first-order chi connectivity index (χ1) is 18.6. The minimum atomic E-state index is -0.400. The highest BCUT2D eigenvalue weighted by atomic mass is 14.6. The lowest BCUT2D eigenvalue weighted by atomic mass is 9.49. The highest BCUT2D eigenvalue weighted by Gasteiger charge is 2.52. The first-order valence-electron chi connectivity index (χ1n) is 14.6. The first kappa shape index (κ1) is 24.9. The molecule has 0 bridgehead atoms. The van der Waals surface area contributed by atoms with E-state index in [0.717, 1.165) is 18.4 Å². The number of rotatable bonds is 5. The van der Waals surface area contributed by atoms with Crippen molar-refractivity contribution in [3.63, 3.8) is 0 Å². The standard InChI is InChI=1S/C38H40/c1-5-7-15-30(13-6-2)38(31-16-9-8-10-17-31)27(4)14-11-12-18-33-34-24-21-28-20-19-26(3)32-23-22-29(25-35(33)38)37(34)36(28)32/h7-20,22-23,25,33-34,36-37H,4-6,21,24H2,1-3H3/b14-11-,15-7-,18-12-,30-13+. The van der Waals surface area contributed by atoms with Crippen LogP contribution in [0.25, 0.3) is 0 Å². The van der Waals surface area contributed by atoms with Crippen LogP contribution in [-0.4, -0.2) is 0 Å². The molecule has 5 aliphatic carbocycles. The number of allylic oxidation sites excluding steroid dienone is 19. The summed E-state index contributed by atoms with van der Waals surface area (Å²) in [5, 5.41) is 0. The molecule has 0 aliphatic heterocycles. The molecular weight excluding hydrogens is 456 g/mol. The van der Waals surface area contributed by atoms with Gasteiger partial charge in [0.2, 0.25) is 0 Å². The molecule has 192 valence electrons. The molecule has 0 nitrogen and oxygen atoms in total. The molecule has 0 heterocycles. The molecule has 6 rings (SSSR count). The van der Waals surface area contributed by atoms with Crippen LogP contribution >= 0.6 is 0 Å². The normalized spacial score (nSPS) is 33.5. The lowest BCUT2D eigenvalue weighted by Crippen LogP contribution is -2.46. The van der Waals surface area contributed by atoms with Crippen molar-refractivity contribution in [2.75, 3.05) is 0 Å². The van der Waals surface area contributed by atoms with Gasteiger partial charge in [-0.1, -0.05) is 129 Å². The van der Waals surface area contributed by atoms with Crippen LogP contribution in [0.2, 0.25) is 0 Å². The van der Waals surface area contributed by atoms with Crippen LogP contribution in [0, 0.1) is 23.7 Å². The van der Waals surface area contributed by atoms with Gasteiger partial charge in [-0.25, -0.2) is 0 Å². The maximum atomic E-state index is 4.80. The van der Waals surface area contributed by atoms with E-state index in [1.807, 2.05) is 0 Å². The third-order valence-electron chi connectivity index (χ3n) is 9.55. The van der Waals surface area contributed by atoms with Gasteiger partial charge in [-0.2, -0.15) is 0 Å². The fourth-order valence-electron chi connectivity index (χ4n) is 7.97. The van der Waals surface area contributed by atoms with E-state index in [9.17, 15) is 0 Å². The van der Waals surface area contributed by atoms with Crippen LogP contribution in [0.5, 0.6) is 0 Å². The molecule has 1 saturated carbocycles. The van der Waals surface area contributed by atoms with E-state index >= 15 is 0 Å². The summed E-state index contributed by atoms with van der Waals surface area (Å²) in [7, 11) is 0. The molecule has 0 radical (unpaired) electrons. The first-order valence-corrected chi connectivity index (χ1v) is 14.6. The van der Waals surface area contributed by atoms with Gasteiger partial charge in [-0.05, 0) is 83.4 Å². The van der Waals surface area contributed by atoms with Crippen LogP contribution in [0.15, 0.2) is 149 Å². The molecule has 1 aromatic carbocycles. The summed E-state index contributed by atoms with van der Waals surface area (Å²) in [4.78, 5) is 0. The molecular formula is C38H40. The van der Waals surface area contributed by atoms with E-state index in [-0.39, 0.29) is 0 Å². The highest BCUT2D eigenvalue weighted by molar-refractivity contribution is 5.66. The summed E-state index contributed by atoms with van der Waals surface area (Å²) in [5.74, 6) is 2.02. The molecule has 0 spiro atoms. The molecule has 1 aromatic rings. The van der Waals surface area contributed by atoms with Crippen LogP contribution < -0.4 is 0 Å². The molecule has 5 atom stereocenters. The summed E-state index contributed by atoms with van der Waals surface area (Å²) < 4.78 is 0. The average Bonchev–Trinajstić information content (AvgIpc) is 2.94.